The highest BCUT2D eigenvalue weighted by Crippen LogP contribution is 2.28. The van der Waals surface area contributed by atoms with Gasteiger partial charge in [-0.15, -0.1) is 0 Å². The van der Waals surface area contributed by atoms with Crippen molar-refractivity contribution in [3.63, 3.8) is 0 Å². The van der Waals surface area contributed by atoms with Gasteiger partial charge in [0.1, 0.15) is 11.3 Å². The van der Waals surface area contributed by atoms with Crippen LogP contribution >= 0.6 is 11.6 Å². The molecular weight excluding hydrogens is 332 g/mol. The molecule has 2 rings (SSSR count). The van der Waals surface area contributed by atoms with Crippen LogP contribution in [0.1, 0.15) is 45.6 Å². The van der Waals surface area contributed by atoms with Gasteiger partial charge in [0, 0.05) is 13.8 Å². The van der Waals surface area contributed by atoms with Crippen molar-refractivity contribution in [2.24, 2.45) is 0 Å². The minimum absolute atomic E-state index is 0.165. The van der Waals surface area contributed by atoms with E-state index in [0.29, 0.717) is 22.9 Å². The summed E-state index contributed by atoms with van der Waals surface area (Å²) in [5.41, 5.74) is 0.423. The van der Waals surface area contributed by atoms with E-state index in [9.17, 15) is 9.59 Å². The van der Waals surface area contributed by atoms with Crippen molar-refractivity contribution in [2.75, 3.05) is 6.61 Å². The first-order valence-corrected chi connectivity index (χ1v) is 8.31. The highest BCUT2D eigenvalue weighted by Gasteiger charge is 2.38. The van der Waals surface area contributed by atoms with E-state index < -0.39 is 17.7 Å². The number of unbranched alkanes of at least 4 members (excludes halogenated alkanes) is 2. The van der Waals surface area contributed by atoms with Crippen LogP contribution in [0.5, 0.6) is 5.75 Å². The second kappa shape index (κ2) is 7.71. The number of carbonyl (C=O) groups is 2. The summed E-state index contributed by atoms with van der Waals surface area (Å²) >= 11 is 6.19. The van der Waals surface area contributed by atoms with Crippen LogP contribution in [0.3, 0.4) is 0 Å². The number of hydrogen-bond donors (Lipinski definition) is 0. The van der Waals surface area contributed by atoms with Crippen LogP contribution < -0.4 is 4.74 Å². The summed E-state index contributed by atoms with van der Waals surface area (Å²) in [7, 11) is 0. The molecule has 0 N–H and O–H groups in total. The molecule has 6 heteroatoms. The molecule has 0 unspecified atom stereocenters. The third kappa shape index (κ3) is 4.74. The van der Waals surface area contributed by atoms with E-state index in [4.69, 9.17) is 25.8 Å². The van der Waals surface area contributed by atoms with Gasteiger partial charge >= 0.3 is 11.9 Å². The number of esters is 2. The fourth-order valence-electron chi connectivity index (χ4n) is 2.20. The van der Waals surface area contributed by atoms with Gasteiger partial charge in [-0.3, -0.25) is 0 Å². The highest BCUT2D eigenvalue weighted by molar-refractivity contribution is 6.32. The Morgan fingerprint density at radius 2 is 1.83 bits per heavy atom. The minimum atomic E-state index is -1.25. The second-order valence-electron chi connectivity index (χ2n) is 5.98. The van der Waals surface area contributed by atoms with Gasteiger partial charge in [0.15, 0.2) is 0 Å². The van der Waals surface area contributed by atoms with Crippen molar-refractivity contribution in [1.82, 2.24) is 0 Å². The Bertz CT molecular complexity index is 641. The molecule has 1 aromatic rings. The number of cyclic esters (lactones) is 2. The summed E-state index contributed by atoms with van der Waals surface area (Å²) in [5.74, 6) is -2.11. The van der Waals surface area contributed by atoms with Gasteiger partial charge in [0.25, 0.3) is 5.79 Å². The number of benzene rings is 1. The fraction of sp³-hybridized carbons (Fsp3) is 0.444. The fourth-order valence-corrected chi connectivity index (χ4v) is 2.45. The van der Waals surface area contributed by atoms with Gasteiger partial charge in [-0.2, -0.15) is 0 Å². The van der Waals surface area contributed by atoms with Crippen molar-refractivity contribution < 1.29 is 23.8 Å². The maximum atomic E-state index is 11.9. The van der Waals surface area contributed by atoms with Crippen molar-refractivity contribution in [3.8, 4) is 5.75 Å². The standard InChI is InChI=1S/C18H21ClO5/c1-4-5-6-9-22-15-8-7-12(11-14(15)19)10-13-16(20)23-18(2,3)24-17(13)21/h7-8,10-11H,4-6,9H2,1-3H3. The minimum Gasteiger partial charge on any atom is -0.492 e. The van der Waals surface area contributed by atoms with Gasteiger partial charge in [-0.05, 0) is 30.2 Å². The number of rotatable bonds is 6. The number of halogens is 1. The summed E-state index contributed by atoms with van der Waals surface area (Å²) in [5, 5.41) is 0.415. The topological polar surface area (TPSA) is 61.8 Å². The van der Waals surface area contributed by atoms with E-state index in [1.54, 1.807) is 18.2 Å². The Balaban J connectivity index is 2.11. The summed E-state index contributed by atoms with van der Waals surface area (Å²) in [4.78, 5) is 23.9. The molecule has 130 valence electrons. The van der Waals surface area contributed by atoms with E-state index in [1.165, 1.54) is 19.9 Å². The van der Waals surface area contributed by atoms with Crippen LogP contribution in [-0.4, -0.2) is 24.3 Å². The Hall–Kier alpha value is -2.01. The third-order valence-corrected chi connectivity index (χ3v) is 3.68. The van der Waals surface area contributed by atoms with Gasteiger partial charge in [0.05, 0.1) is 11.6 Å². The Kier molecular flexibility index (Phi) is 5.89. The molecule has 0 atom stereocenters. The second-order valence-corrected chi connectivity index (χ2v) is 6.39. The molecule has 1 aliphatic heterocycles. The van der Waals surface area contributed by atoms with Crippen LogP contribution in [0.4, 0.5) is 0 Å². The molecule has 1 fully saturated rings. The summed E-state index contributed by atoms with van der Waals surface area (Å²) in [6.45, 7) is 5.72. The van der Waals surface area contributed by atoms with Gasteiger partial charge in [0.2, 0.25) is 0 Å². The average molecular weight is 353 g/mol. The van der Waals surface area contributed by atoms with Crippen LogP contribution in [0, 0.1) is 0 Å². The molecular formula is C18H21ClO5. The Labute approximate surface area is 146 Å². The first kappa shape index (κ1) is 18.3. The number of ether oxygens (including phenoxy) is 3. The molecule has 0 radical (unpaired) electrons. The monoisotopic (exact) mass is 352 g/mol. The summed E-state index contributed by atoms with van der Waals surface area (Å²) < 4.78 is 15.7. The maximum absolute atomic E-state index is 11.9. The molecule has 0 amide bonds. The molecule has 0 spiro atoms. The molecule has 5 nitrogen and oxygen atoms in total. The van der Waals surface area contributed by atoms with E-state index in [2.05, 4.69) is 6.92 Å². The molecule has 0 aliphatic carbocycles. The van der Waals surface area contributed by atoms with Gasteiger partial charge in [-0.1, -0.05) is 37.4 Å². The van der Waals surface area contributed by atoms with Gasteiger partial charge in [-0.25, -0.2) is 9.59 Å². The lowest BCUT2D eigenvalue weighted by atomic mass is 10.1. The summed E-state index contributed by atoms with van der Waals surface area (Å²) in [6, 6.07) is 5.06. The predicted octanol–water partition coefficient (Wildman–Crippen LogP) is 4.13. The zero-order chi connectivity index (χ0) is 17.7. The zero-order valence-electron chi connectivity index (χ0n) is 14.1. The molecule has 0 saturated carbocycles. The number of hydrogen-bond acceptors (Lipinski definition) is 5. The molecule has 0 bridgehead atoms. The Morgan fingerprint density at radius 1 is 1.17 bits per heavy atom. The highest BCUT2D eigenvalue weighted by atomic mass is 35.5. The first-order valence-electron chi connectivity index (χ1n) is 7.93. The lowest BCUT2D eigenvalue weighted by molar-refractivity contribution is -0.222. The van der Waals surface area contributed by atoms with E-state index in [1.807, 2.05) is 0 Å². The molecule has 0 aromatic heterocycles. The van der Waals surface area contributed by atoms with Crippen molar-refractivity contribution in [2.45, 2.75) is 45.8 Å². The third-order valence-electron chi connectivity index (χ3n) is 3.39. The largest absolute Gasteiger partial charge is 0.492 e. The average Bonchev–Trinajstić information content (AvgIpc) is 2.48. The van der Waals surface area contributed by atoms with Crippen molar-refractivity contribution >= 4 is 29.6 Å². The van der Waals surface area contributed by atoms with Crippen LogP contribution in [0.15, 0.2) is 23.8 Å². The van der Waals surface area contributed by atoms with E-state index in [0.717, 1.165) is 19.3 Å². The maximum Gasteiger partial charge on any atom is 0.348 e. The van der Waals surface area contributed by atoms with E-state index >= 15 is 0 Å². The summed E-state index contributed by atoms with van der Waals surface area (Å²) in [6.07, 6.45) is 4.58. The smallest absolute Gasteiger partial charge is 0.348 e. The molecule has 1 heterocycles. The van der Waals surface area contributed by atoms with E-state index in [-0.39, 0.29) is 5.57 Å². The molecule has 1 aromatic carbocycles. The lowest BCUT2D eigenvalue weighted by Crippen LogP contribution is -2.41. The Morgan fingerprint density at radius 3 is 2.42 bits per heavy atom. The van der Waals surface area contributed by atoms with Crippen molar-refractivity contribution in [3.05, 3.63) is 34.4 Å². The van der Waals surface area contributed by atoms with Crippen LogP contribution in [0.2, 0.25) is 5.02 Å². The first-order chi connectivity index (χ1) is 11.3. The number of carbonyl (C=O) groups excluding carboxylic acids is 2. The lowest BCUT2D eigenvalue weighted by Gasteiger charge is -2.29. The van der Waals surface area contributed by atoms with Crippen molar-refractivity contribution in [1.29, 1.82) is 0 Å². The molecule has 24 heavy (non-hydrogen) atoms. The molecule has 1 aliphatic rings. The zero-order valence-corrected chi connectivity index (χ0v) is 14.8. The van der Waals surface area contributed by atoms with Crippen LogP contribution in [0.25, 0.3) is 6.08 Å². The normalized spacial score (nSPS) is 16.4. The SMILES string of the molecule is CCCCCOc1ccc(C=C2C(=O)OC(C)(C)OC2=O)cc1Cl. The van der Waals surface area contributed by atoms with Gasteiger partial charge < -0.3 is 14.2 Å². The predicted molar refractivity (Wildman–Crippen MR) is 90.7 cm³/mol. The van der Waals surface area contributed by atoms with Crippen LogP contribution in [-0.2, 0) is 19.1 Å². The molecule has 1 saturated heterocycles. The quantitative estimate of drug-likeness (QED) is 0.333.